The molecule has 20 heavy (non-hydrogen) atoms. The van der Waals surface area contributed by atoms with Crippen LogP contribution >= 0.6 is 0 Å². The van der Waals surface area contributed by atoms with Crippen molar-refractivity contribution >= 4 is 17.2 Å². The van der Waals surface area contributed by atoms with E-state index in [2.05, 4.69) is 10.3 Å². The number of hydrogen-bond donors (Lipinski definition) is 2. The number of benzene rings is 1. The smallest absolute Gasteiger partial charge is 0.274 e. The molecule has 1 aromatic carbocycles. The van der Waals surface area contributed by atoms with Crippen molar-refractivity contribution in [3.63, 3.8) is 0 Å². The Labute approximate surface area is 115 Å². The van der Waals surface area contributed by atoms with Crippen LogP contribution in [-0.4, -0.2) is 23.1 Å². The summed E-state index contributed by atoms with van der Waals surface area (Å²) < 4.78 is 5.40. The van der Waals surface area contributed by atoms with Crippen LogP contribution in [-0.2, 0) is 0 Å². The van der Waals surface area contributed by atoms with Gasteiger partial charge in [-0.25, -0.2) is 4.98 Å². The maximum Gasteiger partial charge on any atom is 0.274 e. The zero-order chi connectivity index (χ0) is 14.4. The predicted octanol–water partition coefficient (Wildman–Crippen LogP) is 2.07. The molecule has 1 heterocycles. The van der Waals surface area contributed by atoms with Crippen molar-refractivity contribution in [2.75, 3.05) is 18.5 Å². The van der Waals surface area contributed by atoms with E-state index in [1.54, 1.807) is 6.07 Å². The molecule has 3 N–H and O–H groups in total. The Balaban J connectivity index is 2.13. The molecule has 0 spiro atoms. The van der Waals surface area contributed by atoms with Crippen LogP contribution < -0.4 is 15.8 Å². The van der Waals surface area contributed by atoms with Gasteiger partial charge in [-0.2, -0.15) is 0 Å². The van der Waals surface area contributed by atoms with Crippen molar-refractivity contribution in [1.29, 1.82) is 0 Å². The number of nitro groups is 1. The first-order valence-corrected chi connectivity index (χ1v) is 5.99. The van der Waals surface area contributed by atoms with Crippen LogP contribution in [0.1, 0.15) is 0 Å². The van der Waals surface area contributed by atoms with E-state index in [4.69, 9.17) is 10.5 Å². The third-order valence-electron chi connectivity index (χ3n) is 2.45. The number of pyridine rings is 1. The zero-order valence-corrected chi connectivity index (χ0v) is 10.7. The molecule has 0 aliphatic rings. The third-order valence-corrected chi connectivity index (χ3v) is 2.45. The van der Waals surface area contributed by atoms with Gasteiger partial charge in [0.15, 0.2) is 0 Å². The van der Waals surface area contributed by atoms with E-state index < -0.39 is 4.92 Å². The highest BCUT2D eigenvalue weighted by Gasteiger charge is 2.07. The first-order chi connectivity index (χ1) is 9.69. The fourth-order valence-electron chi connectivity index (χ4n) is 1.59. The average molecular weight is 274 g/mol. The summed E-state index contributed by atoms with van der Waals surface area (Å²) in [4.78, 5) is 14.3. The molecule has 0 aliphatic heterocycles. The normalized spacial score (nSPS) is 10.1. The molecule has 0 atom stereocenters. The lowest BCUT2D eigenvalue weighted by atomic mass is 10.3. The summed E-state index contributed by atoms with van der Waals surface area (Å²) in [7, 11) is 0. The summed E-state index contributed by atoms with van der Waals surface area (Å²) >= 11 is 0. The molecule has 0 radical (unpaired) electrons. The number of nitrogens with one attached hydrogen (secondary N) is 1. The molecule has 0 bridgehead atoms. The molecule has 1 aromatic heterocycles. The lowest BCUT2D eigenvalue weighted by Gasteiger charge is -2.08. The molecule has 2 rings (SSSR count). The number of ether oxygens (including phenoxy) is 1. The van der Waals surface area contributed by atoms with Crippen LogP contribution in [0, 0.1) is 10.1 Å². The number of rotatable bonds is 6. The van der Waals surface area contributed by atoms with Crippen LogP contribution in [0.5, 0.6) is 5.75 Å². The maximum atomic E-state index is 10.7. The van der Waals surface area contributed by atoms with Gasteiger partial charge in [-0.1, -0.05) is 6.07 Å². The van der Waals surface area contributed by atoms with Gasteiger partial charge in [0, 0.05) is 30.6 Å². The van der Waals surface area contributed by atoms with Crippen molar-refractivity contribution in [1.82, 2.24) is 4.98 Å². The van der Waals surface area contributed by atoms with Gasteiger partial charge in [0.05, 0.1) is 11.0 Å². The standard InChI is InChI=1S/C13H14N4O3/c14-5-7-20-12-3-1-2-10(8-12)16-13-9-11(17(18)19)4-6-15-13/h1-4,6,8-9H,5,7,14H2,(H,15,16). The van der Waals surface area contributed by atoms with E-state index in [1.807, 2.05) is 18.2 Å². The Bertz CT molecular complexity index is 604. The van der Waals surface area contributed by atoms with Crippen LogP contribution in [0.25, 0.3) is 0 Å². The molecule has 7 heteroatoms. The fraction of sp³-hybridized carbons (Fsp3) is 0.154. The highest BCUT2D eigenvalue weighted by molar-refractivity contribution is 5.59. The molecule has 0 amide bonds. The summed E-state index contributed by atoms with van der Waals surface area (Å²) in [6.45, 7) is 0.864. The van der Waals surface area contributed by atoms with Gasteiger partial charge in [0.2, 0.25) is 0 Å². The first kappa shape index (κ1) is 13.8. The highest BCUT2D eigenvalue weighted by Crippen LogP contribution is 2.22. The van der Waals surface area contributed by atoms with Gasteiger partial charge in [-0.15, -0.1) is 0 Å². The Morgan fingerprint density at radius 3 is 2.95 bits per heavy atom. The lowest BCUT2D eigenvalue weighted by Crippen LogP contribution is -2.10. The summed E-state index contributed by atoms with van der Waals surface area (Å²) in [5.41, 5.74) is 6.08. The van der Waals surface area contributed by atoms with Crippen LogP contribution in [0.3, 0.4) is 0 Å². The Kier molecular flexibility index (Phi) is 4.46. The molecular weight excluding hydrogens is 260 g/mol. The number of aromatic nitrogens is 1. The van der Waals surface area contributed by atoms with E-state index in [9.17, 15) is 10.1 Å². The number of nitrogens with two attached hydrogens (primary N) is 1. The molecule has 2 aromatic rings. The van der Waals surface area contributed by atoms with Crippen molar-refractivity contribution in [3.8, 4) is 5.75 Å². The van der Waals surface area contributed by atoms with Gasteiger partial charge in [0.25, 0.3) is 5.69 Å². The van der Waals surface area contributed by atoms with Gasteiger partial charge in [0.1, 0.15) is 18.2 Å². The molecule has 0 unspecified atom stereocenters. The molecule has 104 valence electrons. The number of anilines is 2. The zero-order valence-electron chi connectivity index (χ0n) is 10.7. The highest BCUT2D eigenvalue weighted by atomic mass is 16.6. The Morgan fingerprint density at radius 2 is 2.20 bits per heavy atom. The van der Waals surface area contributed by atoms with Gasteiger partial charge < -0.3 is 15.8 Å². The van der Waals surface area contributed by atoms with E-state index >= 15 is 0 Å². The third kappa shape index (κ3) is 3.66. The van der Waals surface area contributed by atoms with Crippen molar-refractivity contribution in [3.05, 3.63) is 52.7 Å². The van der Waals surface area contributed by atoms with Crippen LogP contribution in [0.2, 0.25) is 0 Å². The molecule has 0 saturated heterocycles. The van der Waals surface area contributed by atoms with Crippen LogP contribution in [0.15, 0.2) is 42.6 Å². The molecular formula is C13H14N4O3. The average Bonchev–Trinajstić information content (AvgIpc) is 2.46. The molecule has 0 aliphatic carbocycles. The minimum absolute atomic E-state index is 0.0157. The summed E-state index contributed by atoms with van der Waals surface area (Å²) in [5.74, 6) is 1.07. The fourth-order valence-corrected chi connectivity index (χ4v) is 1.59. The van der Waals surface area contributed by atoms with Gasteiger partial charge in [-0.3, -0.25) is 10.1 Å². The van der Waals surface area contributed by atoms with Crippen molar-refractivity contribution < 1.29 is 9.66 Å². The van der Waals surface area contributed by atoms with Gasteiger partial charge in [-0.05, 0) is 12.1 Å². The Morgan fingerprint density at radius 1 is 1.35 bits per heavy atom. The molecule has 7 nitrogen and oxygen atoms in total. The second-order valence-corrected chi connectivity index (χ2v) is 3.95. The Hall–Kier alpha value is -2.67. The van der Waals surface area contributed by atoms with E-state index in [-0.39, 0.29) is 5.69 Å². The van der Waals surface area contributed by atoms with E-state index in [1.165, 1.54) is 18.3 Å². The summed E-state index contributed by atoms with van der Waals surface area (Å²) in [5, 5.41) is 13.7. The van der Waals surface area contributed by atoms with Crippen molar-refractivity contribution in [2.24, 2.45) is 5.73 Å². The topological polar surface area (TPSA) is 103 Å². The lowest BCUT2D eigenvalue weighted by molar-refractivity contribution is -0.384. The second kappa shape index (κ2) is 6.48. The quantitative estimate of drug-likeness (QED) is 0.617. The van der Waals surface area contributed by atoms with E-state index in [0.717, 1.165) is 5.69 Å². The molecule has 0 fully saturated rings. The van der Waals surface area contributed by atoms with E-state index in [0.29, 0.717) is 24.7 Å². The van der Waals surface area contributed by atoms with Crippen LogP contribution in [0.4, 0.5) is 17.2 Å². The predicted molar refractivity (Wildman–Crippen MR) is 75.2 cm³/mol. The summed E-state index contributed by atoms with van der Waals surface area (Å²) in [6.07, 6.45) is 1.38. The van der Waals surface area contributed by atoms with Gasteiger partial charge >= 0.3 is 0 Å². The largest absolute Gasteiger partial charge is 0.492 e. The van der Waals surface area contributed by atoms with Crippen molar-refractivity contribution in [2.45, 2.75) is 0 Å². The SMILES string of the molecule is NCCOc1cccc(Nc2cc([N+](=O)[O-])ccn2)c1. The number of hydrogen-bond acceptors (Lipinski definition) is 6. The first-order valence-electron chi connectivity index (χ1n) is 5.99. The summed E-state index contributed by atoms with van der Waals surface area (Å²) in [6, 6.07) is 9.92. The molecule has 0 saturated carbocycles. The minimum atomic E-state index is -0.465. The second-order valence-electron chi connectivity index (χ2n) is 3.95. The minimum Gasteiger partial charge on any atom is -0.492 e. The maximum absolute atomic E-state index is 10.7. The number of nitrogens with zero attached hydrogens (tertiary/aromatic N) is 2. The monoisotopic (exact) mass is 274 g/mol.